The summed E-state index contributed by atoms with van der Waals surface area (Å²) in [5.74, 6) is -2.08. The zero-order valence-corrected chi connectivity index (χ0v) is 15.1. The Balaban J connectivity index is 2.24. The molecule has 0 aromatic heterocycles. The number of nitrogens with zero attached hydrogens (tertiary/aromatic N) is 2. The molecule has 0 radical (unpaired) electrons. The van der Waals surface area contributed by atoms with Crippen molar-refractivity contribution in [3.63, 3.8) is 0 Å². The quantitative estimate of drug-likeness (QED) is 0.271. The van der Waals surface area contributed by atoms with E-state index in [0.29, 0.717) is 5.56 Å². The van der Waals surface area contributed by atoms with Gasteiger partial charge in [-0.2, -0.15) is 0 Å². The first kappa shape index (κ1) is 17.8. The number of carbonyl (C=O) groups is 2. The highest BCUT2D eigenvalue weighted by atomic mass is 79.9. The fourth-order valence-electron chi connectivity index (χ4n) is 2.96. The van der Waals surface area contributed by atoms with Crippen molar-refractivity contribution in [2.24, 2.45) is 0 Å². The number of nitro benzene ring substituents is 1. The molecule has 0 saturated carbocycles. The summed E-state index contributed by atoms with van der Waals surface area (Å²) >= 11 is 3.28. The molecule has 1 aliphatic heterocycles. The van der Waals surface area contributed by atoms with Gasteiger partial charge in [0.25, 0.3) is 17.4 Å². The summed E-state index contributed by atoms with van der Waals surface area (Å²) in [4.78, 5) is 36.6. The number of rotatable bonds is 3. The van der Waals surface area contributed by atoms with Crippen molar-refractivity contribution in [3.8, 4) is 0 Å². The summed E-state index contributed by atoms with van der Waals surface area (Å²) in [5.41, 5.74) is 0.100. The Bertz CT molecular complexity index is 952. The van der Waals surface area contributed by atoms with E-state index in [0.717, 1.165) is 9.37 Å². The topological polar surface area (TPSA) is 101 Å². The Morgan fingerprint density at radius 2 is 1.77 bits per heavy atom. The van der Waals surface area contributed by atoms with Crippen molar-refractivity contribution in [3.05, 3.63) is 79.8 Å². The molecule has 1 saturated heterocycles. The van der Waals surface area contributed by atoms with E-state index in [1.807, 2.05) is 0 Å². The number of aliphatic hydroxyl groups excluding tert-OH is 1. The number of likely N-dealkylation sites (N-methyl/N-ethyl adjacent to an activating group) is 1. The van der Waals surface area contributed by atoms with Gasteiger partial charge in [0, 0.05) is 23.2 Å². The van der Waals surface area contributed by atoms with E-state index in [1.165, 1.54) is 25.2 Å². The van der Waals surface area contributed by atoms with Gasteiger partial charge in [-0.1, -0.05) is 40.2 Å². The molecule has 1 unspecified atom stereocenters. The Hall–Kier alpha value is -3.00. The Kier molecular flexibility index (Phi) is 4.60. The summed E-state index contributed by atoms with van der Waals surface area (Å²) < 4.78 is 0.778. The lowest BCUT2D eigenvalue weighted by Gasteiger charge is -2.20. The second-order valence-corrected chi connectivity index (χ2v) is 6.65. The lowest BCUT2D eigenvalue weighted by molar-refractivity contribution is -0.385. The zero-order chi connectivity index (χ0) is 19.0. The minimum Gasteiger partial charge on any atom is -0.507 e. The van der Waals surface area contributed by atoms with Gasteiger partial charge in [0.05, 0.1) is 22.1 Å². The second kappa shape index (κ2) is 6.72. The van der Waals surface area contributed by atoms with Gasteiger partial charge in [0.15, 0.2) is 0 Å². The van der Waals surface area contributed by atoms with Crippen molar-refractivity contribution in [1.82, 2.24) is 4.90 Å². The zero-order valence-electron chi connectivity index (χ0n) is 13.5. The number of likely N-dealkylation sites (tertiary alicyclic amines) is 1. The first-order valence-corrected chi connectivity index (χ1v) is 8.36. The predicted octanol–water partition coefficient (Wildman–Crippen LogP) is 3.41. The third-order valence-electron chi connectivity index (χ3n) is 4.22. The number of Topliss-reactive ketones (excluding diaryl/α,β-unsaturated/α-hetero) is 1. The molecule has 1 fully saturated rings. The summed E-state index contributed by atoms with van der Waals surface area (Å²) in [7, 11) is 1.38. The summed E-state index contributed by atoms with van der Waals surface area (Å²) in [6.45, 7) is 0. The molecule has 1 heterocycles. The minimum atomic E-state index is -1.04. The van der Waals surface area contributed by atoms with Crippen LogP contribution in [0, 0.1) is 10.1 Å². The molecule has 1 amide bonds. The van der Waals surface area contributed by atoms with E-state index in [4.69, 9.17) is 0 Å². The van der Waals surface area contributed by atoms with Gasteiger partial charge in [0.2, 0.25) is 0 Å². The van der Waals surface area contributed by atoms with Crippen LogP contribution >= 0.6 is 15.9 Å². The number of aliphatic hydroxyl groups is 1. The molecular weight excluding hydrogens is 404 g/mol. The normalized spacial score (nSPS) is 19.0. The molecule has 1 N–H and O–H groups in total. The molecule has 26 heavy (non-hydrogen) atoms. The van der Waals surface area contributed by atoms with Crippen LogP contribution in [0.2, 0.25) is 0 Å². The Labute approximate surface area is 156 Å². The average Bonchev–Trinajstić information content (AvgIpc) is 2.85. The lowest BCUT2D eigenvalue weighted by atomic mass is 9.94. The molecule has 7 nitrogen and oxygen atoms in total. The summed E-state index contributed by atoms with van der Waals surface area (Å²) in [6.07, 6.45) is 0. The number of hydrogen-bond donors (Lipinski definition) is 1. The molecule has 1 aliphatic rings. The maximum atomic E-state index is 12.5. The van der Waals surface area contributed by atoms with Crippen LogP contribution in [0.1, 0.15) is 17.2 Å². The van der Waals surface area contributed by atoms with Gasteiger partial charge in [-0.3, -0.25) is 19.7 Å². The fourth-order valence-corrected chi connectivity index (χ4v) is 3.22. The third kappa shape index (κ3) is 2.88. The molecule has 1 atom stereocenters. The smallest absolute Gasteiger partial charge is 0.295 e. The number of hydrogen-bond acceptors (Lipinski definition) is 5. The molecule has 0 bridgehead atoms. The number of carbonyl (C=O) groups excluding carboxylic acids is 2. The molecule has 2 aromatic carbocycles. The average molecular weight is 417 g/mol. The van der Waals surface area contributed by atoms with E-state index < -0.39 is 22.7 Å². The highest BCUT2D eigenvalue weighted by Crippen LogP contribution is 2.41. The van der Waals surface area contributed by atoms with Gasteiger partial charge < -0.3 is 10.0 Å². The van der Waals surface area contributed by atoms with Crippen LogP contribution in [0.4, 0.5) is 5.69 Å². The molecule has 132 valence electrons. The highest BCUT2D eigenvalue weighted by molar-refractivity contribution is 9.10. The van der Waals surface area contributed by atoms with Crippen LogP contribution in [0.15, 0.2) is 58.6 Å². The first-order chi connectivity index (χ1) is 12.3. The monoisotopic (exact) mass is 416 g/mol. The van der Waals surface area contributed by atoms with Crippen LogP contribution < -0.4 is 0 Å². The van der Waals surface area contributed by atoms with E-state index in [1.54, 1.807) is 30.3 Å². The van der Waals surface area contributed by atoms with E-state index >= 15 is 0 Å². The SMILES string of the molecule is CN1C(=O)C(=O)/C(=C(\O)c2ccc(Br)cc2)C1c1ccccc1[N+](=O)[O-]. The molecule has 0 aliphatic carbocycles. The second-order valence-electron chi connectivity index (χ2n) is 5.73. The van der Waals surface area contributed by atoms with E-state index in [2.05, 4.69) is 15.9 Å². The number of benzene rings is 2. The predicted molar refractivity (Wildman–Crippen MR) is 97.3 cm³/mol. The third-order valence-corrected chi connectivity index (χ3v) is 4.75. The number of halogens is 1. The van der Waals surface area contributed by atoms with Gasteiger partial charge in [-0.15, -0.1) is 0 Å². The number of para-hydroxylation sites is 1. The maximum Gasteiger partial charge on any atom is 0.295 e. The molecule has 8 heteroatoms. The van der Waals surface area contributed by atoms with Crippen LogP contribution in [-0.2, 0) is 9.59 Å². The van der Waals surface area contributed by atoms with E-state index in [9.17, 15) is 24.8 Å². The standard InChI is InChI=1S/C18H13BrN2O5/c1-20-15(12-4-2-3-5-13(12)21(25)26)14(17(23)18(20)24)16(22)10-6-8-11(19)9-7-10/h2-9,15,22H,1H3/b16-14-. The van der Waals surface area contributed by atoms with E-state index in [-0.39, 0.29) is 22.6 Å². The van der Waals surface area contributed by atoms with Gasteiger partial charge in [0.1, 0.15) is 5.76 Å². The summed E-state index contributed by atoms with van der Waals surface area (Å²) in [5, 5.41) is 22.0. The van der Waals surface area contributed by atoms with Gasteiger partial charge in [-0.05, 0) is 18.2 Å². The van der Waals surface area contributed by atoms with Crippen molar-refractivity contribution >= 4 is 39.1 Å². The van der Waals surface area contributed by atoms with Crippen molar-refractivity contribution in [2.75, 3.05) is 7.05 Å². The van der Waals surface area contributed by atoms with Crippen LogP contribution in [0.3, 0.4) is 0 Å². The molecule has 0 spiro atoms. The molecule has 2 aromatic rings. The Morgan fingerprint density at radius 1 is 1.15 bits per heavy atom. The fraction of sp³-hybridized carbons (Fsp3) is 0.111. The largest absolute Gasteiger partial charge is 0.507 e. The highest BCUT2D eigenvalue weighted by Gasteiger charge is 2.46. The van der Waals surface area contributed by atoms with Crippen LogP contribution in [0.25, 0.3) is 5.76 Å². The van der Waals surface area contributed by atoms with Gasteiger partial charge >= 0.3 is 0 Å². The number of nitro groups is 1. The summed E-state index contributed by atoms with van der Waals surface area (Å²) in [6, 6.07) is 11.3. The molecule has 3 rings (SSSR count). The van der Waals surface area contributed by atoms with Crippen molar-refractivity contribution in [1.29, 1.82) is 0 Å². The van der Waals surface area contributed by atoms with Gasteiger partial charge in [-0.25, -0.2) is 0 Å². The van der Waals surface area contributed by atoms with Crippen LogP contribution in [0.5, 0.6) is 0 Å². The number of ketones is 1. The van der Waals surface area contributed by atoms with Crippen LogP contribution in [-0.4, -0.2) is 33.7 Å². The van der Waals surface area contributed by atoms with Crippen molar-refractivity contribution < 1.29 is 19.6 Å². The Morgan fingerprint density at radius 3 is 2.38 bits per heavy atom. The molecular formula is C18H13BrN2O5. The number of amides is 1. The lowest BCUT2D eigenvalue weighted by Crippen LogP contribution is -2.25. The first-order valence-electron chi connectivity index (χ1n) is 7.56. The maximum absolute atomic E-state index is 12.5. The van der Waals surface area contributed by atoms with Crippen molar-refractivity contribution in [2.45, 2.75) is 6.04 Å². The minimum absolute atomic E-state index is 0.165.